The number of nitrogens with zero attached hydrogens (tertiary/aromatic N) is 2. The quantitative estimate of drug-likeness (QED) is 0.335. The average molecular weight is 480 g/mol. The Bertz CT molecular complexity index is 1330. The lowest BCUT2D eigenvalue weighted by Crippen LogP contribution is -2.40. The van der Waals surface area contributed by atoms with E-state index in [9.17, 15) is 4.79 Å². The molecule has 1 saturated heterocycles. The Morgan fingerprint density at radius 3 is 2.67 bits per heavy atom. The standard InChI is InChI=1S/C27H27Cl2N3O/c1-2-32-25-8-4-3-7-22(25)23-15-21(11-12-26(23)32)30-27(33)19-6-5-13-31(17-19)16-18-9-10-20(28)14-24(18)29/h3-4,7-12,14-15,19H,2,5-6,13,16-17H2,1H3,(H,30,33). The molecule has 170 valence electrons. The topological polar surface area (TPSA) is 37.3 Å². The first-order chi connectivity index (χ1) is 16.0. The molecule has 0 radical (unpaired) electrons. The third-order valence-electron chi connectivity index (χ3n) is 6.64. The van der Waals surface area contributed by atoms with Crippen LogP contribution in [0.25, 0.3) is 21.8 Å². The van der Waals surface area contributed by atoms with Gasteiger partial charge >= 0.3 is 0 Å². The molecule has 2 heterocycles. The number of halogens is 2. The van der Waals surface area contributed by atoms with E-state index in [4.69, 9.17) is 23.2 Å². The van der Waals surface area contributed by atoms with E-state index in [1.165, 1.54) is 21.8 Å². The molecule has 1 aliphatic heterocycles. The van der Waals surface area contributed by atoms with Gasteiger partial charge in [-0.25, -0.2) is 0 Å². The molecule has 4 aromatic rings. The summed E-state index contributed by atoms with van der Waals surface area (Å²) in [6.07, 6.45) is 1.89. The zero-order valence-electron chi connectivity index (χ0n) is 18.7. The van der Waals surface area contributed by atoms with Crippen molar-refractivity contribution in [2.45, 2.75) is 32.9 Å². The molecule has 1 aliphatic rings. The van der Waals surface area contributed by atoms with Crippen LogP contribution >= 0.6 is 23.2 Å². The predicted molar refractivity (Wildman–Crippen MR) is 138 cm³/mol. The van der Waals surface area contributed by atoms with Gasteiger partial charge in [-0.1, -0.05) is 47.5 Å². The summed E-state index contributed by atoms with van der Waals surface area (Å²) in [4.78, 5) is 15.5. The van der Waals surface area contributed by atoms with Crippen molar-refractivity contribution in [3.05, 3.63) is 76.3 Å². The number of carbonyl (C=O) groups is 1. The predicted octanol–water partition coefficient (Wildman–Crippen LogP) is 6.97. The van der Waals surface area contributed by atoms with Gasteiger partial charge in [0.1, 0.15) is 0 Å². The Kier molecular flexibility index (Phi) is 6.33. The van der Waals surface area contributed by atoms with Gasteiger partial charge in [0.2, 0.25) is 5.91 Å². The molecule has 3 aromatic carbocycles. The monoisotopic (exact) mass is 479 g/mol. The number of likely N-dealkylation sites (tertiary alicyclic amines) is 1. The fourth-order valence-corrected chi connectivity index (χ4v) is 5.49. The van der Waals surface area contributed by atoms with E-state index in [0.29, 0.717) is 10.0 Å². The summed E-state index contributed by atoms with van der Waals surface area (Å²) in [5.41, 5.74) is 4.31. The van der Waals surface area contributed by atoms with Crippen molar-refractivity contribution in [1.29, 1.82) is 0 Å². The number of para-hydroxylation sites is 1. The van der Waals surface area contributed by atoms with Crippen molar-refractivity contribution in [3.8, 4) is 0 Å². The summed E-state index contributed by atoms with van der Waals surface area (Å²) in [5.74, 6) is 0.0398. The maximum absolute atomic E-state index is 13.2. The van der Waals surface area contributed by atoms with Gasteiger partial charge < -0.3 is 9.88 Å². The lowest BCUT2D eigenvalue weighted by molar-refractivity contribution is -0.121. The zero-order valence-corrected chi connectivity index (χ0v) is 20.2. The number of rotatable bonds is 5. The van der Waals surface area contributed by atoms with E-state index in [2.05, 4.69) is 58.1 Å². The molecule has 1 fully saturated rings. The molecule has 33 heavy (non-hydrogen) atoms. The summed E-state index contributed by atoms with van der Waals surface area (Å²) in [5, 5.41) is 6.88. The average Bonchev–Trinajstić information content (AvgIpc) is 3.14. The van der Waals surface area contributed by atoms with Crippen LogP contribution in [0.2, 0.25) is 10.0 Å². The first-order valence-corrected chi connectivity index (χ1v) is 12.3. The molecule has 0 spiro atoms. The van der Waals surface area contributed by atoms with Crippen molar-refractivity contribution in [3.63, 3.8) is 0 Å². The van der Waals surface area contributed by atoms with Crippen LogP contribution in [0.5, 0.6) is 0 Å². The van der Waals surface area contributed by atoms with Crippen molar-refractivity contribution < 1.29 is 4.79 Å². The fraction of sp³-hybridized carbons (Fsp3) is 0.296. The Balaban J connectivity index is 1.32. The maximum atomic E-state index is 13.2. The molecule has 1 aromatic heterocycles. The van der Waals surface area contributed by atoms with E-state index in [0.717, 1.165) is 50.3 Å². The molecule has 0 saturated carbocycles. The van der Waals surface area contributed by atoms with Crippen LogP contribution in [0.1, 0.15) is 25.3 Å². The highest BCUT2D eigenvalue weighted by atomic mass is 35.5. The summed E-state index contributed by atoms with van der Waals surface area (Å²) in [6.45, 7) is 5.48. The van der Waals surface area contributed by atoms with Gasteiger partial charge in [0.25, 0.3) is 0 Å². The van der Waals surface area contributed by atoms with Crippen LogP contribution in [0, 0.1) is 5.92 Å². The molecule has 1 unspecified atom stereocenters. The Morgan fingerprint density at radius 2 is 1.85 bits per heavy atom. The number of nitrogens with one attached hydrogen (secondary N) is 1. The number of aromatic nitrogens is 1. The van der Waals surface area contributed by atoms with Gasteiger partial charge in [0.15, 0.2) is 0 Å². The first kappa shape index (κ1) is 22.3. The summed E-state index contributed by atoms with van der Waals surface area (Å²) in [6, 6.07) is 20.3. The van der Waals surface area contributed by atoms with Crippen LogP contribution in [0.3, 0.4) is 0 Å². The highest BCUT2D eigenvalue weighted by molar-refractivity contribution is 6.35. The number of hydrogen-bond acceptors (Lipinski definition) is 2. The summed E-state index contributed by atoms with van der Waals surface area (Å²) in [7, 11) is 0. The molecule has 5 rings (SSSR count). The highest BCUT2D eigenvalue weighted by Gasteiger charge is 2.26. The molecule has 1 amide bonds. The molecule has 0 aliphatic carbocycles. The van der Waals surface area contributed by atoms with Crippen molar-refractivity contribution in [1.82, 2.24) is 9.47 Å². The van der Waals surface area contributed by atoms with Crippen molar-refractivity contribution in [2.75, 3.05) is 18.4 Å². The van der Waals surface area contributed by atoms with Crippen LogP contribution in [0.15, 0.2) is 60.7 Å². The molecular formula is C27H27Cl2N3O. The first-order valence-electron chi connectivity index (χ1n) is 11.5. The largest absolute Gasteiger partial charge is 0.341 e. The maximum Gasteiger partial charge on any atom is 0.228 e. The molecule has 1 N–H and O–H groups in total. The van der Waals surface area contributed by atoms with Gasteiger partial charge in [0, 0.05) is 57.2 Å². The lowest BCUT2D eigenvalue weighted by atomic mass is 9.96. The SMILES string of the molecule is CCn1c2ccccc2c2cc(NC(=O)C3CCCN(Cc4ccc(Cl)cc4Cl)C3)ccc21. The summed E-state index contributed by atoms with van der Waals surface area (Å²) >= 11 is 12.4. The molecular weight excluding hydrogens is 453 g/mol. The Morgan fingerprint density at radius 1 is 1.03 bits per heavy atom. The minimum Gasteiger partial charge on any atom is -0.341 e. The van der Waals surface area contributed by atoms with Crippen LogP contribution in [-0.4, -0.2) is 28.5 Å². The van der Waals surface area contributed by atoms with Gasteiger partial charge in [-0.05, 0) is 68.3 Å². The van der Waals surface area contributed by atoms with Gasteiger partial charge in [-0.3, -0.25) is 9.69 Å². The van der Waals surface area contributed by atoms with Gasteiger partial charge in [-0.15, -0.1) is 0 Å². The van der Waals surface area contributed by atoms with E-state index < -0.39 is 0 Å². The smallest absolute Gasteiger partial charge is 0.228 e. The number of benzene rings is 3. The van der Waals surface area contributed by atoms with Crippen LogP contribution < -0.4 is 5.32 Å². The minimum atomic E-state index is -0.0440. The van der Waals surface area contributed by atoms with E-state index in [1.54, 1.807) is 6.07 Å². The number of hydrogen-bond donors (Lipinski definition) is 1. The summed E-state index contributed by atoms with van der Waals surface area (Å²) < 4.78 is 2.32. The van der Waals surface area contributed by atoms with Crippen molar-refractivity contribution in [2.24, 2.45) is 5.92 Å². The lowest BCUT2D eigenvalue weighted by Gasteiger charge is -2.32. The Labute approximate surface area is 204 Å². The molecule has 1 atom stereocenters. The van der Waals surface area contributed by atoms with Crippen LogP contribution in [-0.2, 0) is 17.9 Å². The molecule has 0 bridgehead atoms. The van der Waals surface area contributed by atoms with Crippen LogP contribution in [0.4, 0.5) is 5.69 Å². The molecule has 6 heteroatoms. The number of fused-ring (bicyclic) bond motifs is 3. The third kappa shape index (κ3) is 4.48. The number of carbonyl (C=O) groups excluding carboxylic acids is 1. The Hall–Kier alpha value is -2.53. The second-order valence-electron chi connectivity index (χ2n) is 8.79. The van der Waals surface area contributed by atoms with Gasteiger partial charge in [-0.2, -0.15) is 0 Å². The number of piperidine rings is 1. The fourth-order valence-electron chi connectivity index (χ4n) is 5.02. The molecule has 4 nitrogen and oxygen atoms in total. The van der Waals surface area contributed by atoms with E-state index >= 15 is 0 Å². The highest BCUT2D eigenvalue weighted by Crippen LogP contribution is 2.31. The number of anilines is 1. The van der Waals surface area contributed by atoms with E-state index in [-0.39, 0.29) is 11.8 Å². The van der Waals surface area contributed by atoms with E-state index in [1.807, 2.05) is 18.2 Å². The van der Waals surface area contributed by atoms with Crippen molar-refractivity contribution >= 4 is 56.6 Å². The third-order valence-corrected chi connectivity index (χ3v) is 7.23. The number of amides is 1. The number of aryl methyl sites for hydroxylation is 1. The van der Waals surface area contributed by atoms with Gasteiger partial charge in [0.05, 0.1) is 5.92 Å². The zero-order chi connectivity index (χ0) is 22.9. The second-order valence-corrected chi connectivity index (χ2v) is 9.64. The second kappa shape index (κ2) is 9.38. The normalized spacial score (nSPS) is 17.0. The minimum absolute atomic E-state index is 0.0440.